The molecule has 0 aliphatic rings. The molecular weight excluding hydrogens is 344 g/mol. The summed E-state index contributed by atoms with van der Waals surface area (Å²) in [6, 6.07) is 13.9. The Kier molecular flexibility index (Phi) is 5.04. The van der Waals surface area contributed by atoms with E-state index >= 15 is 0 Å². The molecule has 0 bridgehead atoms. The maximum atomic E-state index is 12.6. The second-order valence-corrected chi connectivity index (χ2v) is 5.84. The number of benzene rings is 2. The highest BCUT2D eigenvalue weighted by Gasteiger charge is 2.14. The Morgan fingerprint density at radius 3 is 2.78 bits per heavy atom. The van der Waals surface area contributed by atoms with Crippen molar-refractivity contribution < 1.29 is 13.9 Å². The Balaban J connectivity index is 1.98. The monoisotopic (exact) mass is 360 g/mol. The molecule has 0 atom stereocenters. The number of amides is 1. The van der Waals surface area contributed by atoms with Crippen LogP contribution in [0.15, 0.2) is 63.5 Å². The summed E-state index contributed by atoms with van der Waals surface area (Å²) in [6.07, 6.45) is 2.46. The van der Waals surface area contributed by atoms with E-state index in [1.807, 2.05) is 19.1 Å². The number of para-hydroxylation sites is 2. The van der Waals surface area contributed by atoms with E-state index in [9.17, 15) is 14.9 Å². The van der Waals surface area contributed by atoms with Gasteiger partial charge in [0.1, 0.15) is 29.2 Å². The van der Waals surface area contributed by atoms with Gasteiger partial charge in [0, 0.05) is 0 Å². The van der Waals surface area contributed by atoms with Crippen molar-refractivity contribution in [3.05, 3.63) is 75.7 Å². The molecule has 0 aliphatic heterocycles. The zero-order valence-electron chi connectivity index (χ0n) is 14.8. The molecule has 0 saturated carbocycles. The molecule has 3 aromatic rings. The van der Waals surface area contributed by atoms with E-state index in [2.05, 4.69) is 5.32 Å². The SMILES string of the molecule is COc1ccccc1NC(=O)C(C#N)=Cc1coc2ccc(C)cc2c1=O. The number of nitrogens with one attached hydrogen (secondary N) is 1. The molecule has 1 amide bonds. The van der Waals surface area contributed by atoms with E-state index in [-0.39, 0.29) is 16.6 Å². The highest BCUT2D eigenvalue weighted by molar-refractivity contribution is 6.10. The number of hydrogen-bond donors (Lipinski definition) is 1. The molecule has 0 radical (unpaired) electrons. The van der Waals surface area contributed by atoms with Crippen LogP contribution in [0.1, 0.15) is 11.1 Å². The number of aryl methyl sites for hydroxylation is 1. The quantitative estimate of drug-likeness (QED) is 0.566. The predicted molar refractivity (Wildman–Crippen MR) is 102 cm³/mol. The molecule has 3 rings (SSSR count). The number of carbonyl (C=O) groups is 1. The van der Waals surface area contributed by atoms with Crippen LogP contribution in [0.4, 0.5) is 5.69 Å². The maximum absolute atomic E-state index is 12.6. The number of carbonyl (C=O) groups excluding carboxylic acids is 1. The number of methoxy groups -OCH3 is 1. The fourth-order valence-corrected chi connectivity index (χ4v) is 2.60. The van der Waals surface area contributed by atoms with Gasteiger partial charge in [0.2, 0.25) is 0 Å². The van der Waals surface area contributed by atoms with Crippen molar-refractivity contribution in [2.75, 3.05) is 12.4 Å². The lowest BCUT2D eigenvalue weighted by molar-refractivity contribution is -0.112. The van der Waals surface area contributed by atoms with Crippen molar-refractivity contribution >= 4 is 28.6 Å². The molecule has 0 aliphatic carbocycles. The van der Waals surface area contributed by atoms with Gasteiger partial charge in [-0.3, -0.25) is 9.59 Å². The van der Waals surface area contributed by atoms with Gasteiger partial charge in [-0.2, -0.15) is 5.26 Å². The number of ether oxygens (including phenoxy) is 1. The second-order valence-electron chi connectivity index (χ2n) is 5.84. The van der Waals surface area contributed by atoms with Crippen LogP contribution >= 0.6 is 0 Å². The number of rotatable bonds is 4. The lowest BCUT2D eigenvalue weighted by atomic mass is 10.1. The van der Waals surface area contributed by atoms with Gasteiger partial charge in [-0.1, -0.05) is 23.8 Å². The lowest BCUT2D eigenvalue weighted by Gasteiger charge is -2.09. The first-order chi connectivity index (χ1) is 13.0. The van der Waals surface area contributed by atoms with Crippen molar-refractivity contribution in [2.45, 2.75) is 6.92 Å². The summed E-state index contributed by atoms with van der Waals surface area (Å²) in [5.41, 5.74) is 1.37. The number of hydrogen-bond acceptors (Lipinski definition) is 5. The molecular formula is C21H16N2O4. The average molecular weight is 360 g/mol. The minimum Gasteiger partial charge on any atom is -0.495 e. The van der Waals surface area contributed by atoms with E-state index < -0.39 is 5.91 Å². The van der Waals surface area contributed by atoms with Gasteiger partial charge in [0.05, 0.1) is 23.7 Å². The van der Waals surface area contributed by atoms with Crippen LogP contribution in [0.2, 0.25) is 0 Å². The largest absolute Gasteiger partial charge is 0.495 e. The topological polar surface area (TPSA) is 92.3 Å². The fourth-order valence-electron chi connectivity index (χ4n) is 2.60. The van der Waals surface area contributed by atoms with E-state index in [4.69, 9.17) is 9.15 Å². The summed E-state index contributed by atoms with van der Waals surface area (Å²) >= 11 is 0. The molecule has 1 N–H and O–H groups in total. The first kappa shape index (κ1) is 18.0. The Hall–Kier alpha value is -3.85. The summed E-state index contributed by atoms with van der Waals surface area (Å²) in [6.45, 7) is 1.86. The lowest BCUT2D eigenvalue weighted by Crippen LogP contribution is -2.15. The molecule has 134 valence electrons. The van der Waals surface area contributed by atoms with Crippen molar-refractivity contribution in [3.63, 3.8) is 0 Å². The molecule has 27 heavy (non-hydrogen) atoms. The Bertz CT molecular complexity index is 1150. The molecule has 6 nitrogen and oxygen atoms in total. The third kappa shape index (κ3) is 3.72. The summed E-state index contributed by atoms with van der Waals surface area (Å²) in [7, 11) is 1.48. The molecule has 0 unspecified atom stereocenters. The van der Waals surface area contributed by atoms with Crippen LogP contribution in [0.3, 0.4) is 0 Å². The van der Waals surface area contributed by atoms with Crippen molar-refractivity contribution in [1.29, 1.82) is 5.26 Å². The first-order valence-corrected chi connectivity index (χ1v) is 8.12. The van der Waals surface area contributed by atoms with Crippen molar-refractivity contribution in [3.8, 4) is 11.8 Å². The first-order valence-electron chi connectivity index (χ1n) is 8.12. The molecule has 6 heteroatoms. The van der Waals surface area contributed by atoms with E-state index in [0.29, 0.717) is 22.4 Å². The Morgan fingerprint density at radius 2 is 2.04 bits per heavy atom. The van der Waals surface area contributed by atoms with Gasteiger partial charge in [-0.05, 0) is 37.3 Å². The van der Waals surface area contributed by atoms with Gasteiger partial charge in [-0.15, -0.1) is 0 Å². The summed E-state index contributed by atoms with van der Waals surface area (Å²) in [5, 5.41) is 12.4. The van der Waals surface area contributed by atoms with Gasteiger partial charge >= 0.3 is 0 Å². The summed E-state index contributed by atoms with van der Waals surface area (Å²) in [4.78, 5) is 25.1. The molecule has 1 heterocycles. The summed E-state index contributed by atoms with van der Waals surface area (Å²) in [5.74, 6) is -0.186. The van der Waals surface area contributed by atoms with Crippen LogP contribution in [0.5, 0.6) is 5.75 Å². The van der Waals surface area contributed by atoms with Crippen molar-refractivity contribution in [2.24, 2.45) is 0 Å². The van der Waals surface area contributed by atoms with Crippen LogP contribution in [0, 0.1) is 18.3 Å². The van der Waals surface area contributed by atoms with Crippen LogP contribution in [-0.4, -0.2) is 13.0 Å². The number of nitrogens with zero attached hydrogens (tertiary/aromatic N) is 1. The predicted octanol–water partition coefficient (Wildman–Crippen LogP) is 3.66. The van der Waals surface area contributed by atoms with Gasteiger partial charge < -0.3 is 14.5 Å². The zero-order valence-corrected chi connectivity index (χ0v) is 14.8. The third-order valence-corrected chi connectivity index (χ3v) is 3.97. The van der Waals surface area contributed by atoms with E-state index in [1.54, 1.807) is 36.4 Å². The minimum absolute atomic E-state index is 0.125. The molecule has 0 fully saturated rings. The molecule has 2 aromatic carbocycles. The number of anilines is 1. The smallest absolute Gasteiger partial charge is 0.266 e. The molecule has 0 saturated heterocycles. The highest BCUT2D eigenvalue weighted by Crippen LogP contribution is 2.23. The van der Waals surface area contributed by atoms with E-state index in [1.165, 1.54) is 19.4 Å². The number of nitriles is 1. The Labute approximate surface area is 155 Å². The molecule has 1 aromatic heterocycles. The van der Waals surface area contributed by atoms with Crippen molar-refractivity contribution in [1.82, 2.24) is 0 Å². The normalized spacial score (nSPS) is 11.1. The zero-order chi connectivity index (χ0) is 19.4. The Morgan fingerprint density at radius 1 is 1.26 bits per heavy atom. The number of fused-ring (bicyclic) bond motifs is 1. The minimum atomic E-state index is -0.647. The summed E-state index contributed by atoms with van der Waals surface area (Å²) < 4.78 is 10.6. The third-order valence-electron chi connectivity index (χ3n) is 3.97. The molecule has 0 spiro atoms. The van der Waals surface area contributed by atoms with Gasteiger partial charge in [0.15, 0.2) is 5.43 Å². The van der Waals surface area contributed by atoms with Crippen LogP contribution in [-0.2, 0) is 4.79 Å². The maximum Gasteiger partial charge on any atom is 0.266 e. The van der Waals surface area contributed by atoms with Gasteiger partial charge in [-0.25, -0.2) is 0 Å². The van der Waals surface area contributed by atoms with Crippen LogP contribution in [0.25, 0.3) is 17.0 Å². The fraction of sp³-hybridized carbons (Fsp3) is 0.0952. The second kappa shape index (κ2) is 7.58. The van der Waals surface area contributed by atoms with Gasteiger partial charge in [0.25, 0.3) is 5.91 Å². The van der Waals surface area contributed by atoms with E-state index in [0.717, 1.165) is 5.56 Å². The highest BCUT2D eigenvalue weighted by atomic mass is 16.5. The average Bonchev–Trinajstić information content (AvgIpc) is 2.68. The standard InChI is InChI=1S/C21H16N2O4/c1-13-7-8-18-16(9-13)20(24)15(12-27-18)10-14(11-22)21(25)23-17-5-3-4-6-19(17)26-2/h3-10,12H,1-2H3,(H,23,25). The van der Waals surface area contributed by atoms with Crippen LogP contribution < -0.4 is 15.5 Å².